The van der Waals surface area contributed by atoms with E-state index < -0.39 is 0 Å². The number of hydrogen-bond donors (Lipinski definition) is 3. The van der Waals surface area contributed by atoms with E-state index in [1.807, 2.05) is 0 Å². The lowest BCUT2D eigenvalue weighted by molar-refractivity contribution is 0.0505. The van der Waals surface area contributed by atoms with Crippen LogP contribution in [0.15, 0.2) is 23.2 Å². The molecule has 2 fully saturated rings. The van der Waals surface area contributed by atoms with Crippen LogP contribution in [-0.4, -0.2) is 57.6 Å². The summed E-state index contributed by atoms with van der Waals surface area (Å²) in [4.78, 5) is 5.02. The smallest absolute Gasteiger partial charge is 0.191 e. The molecule has 6 nitrogen and oxygen atoms in total. The molecule has 1 aromatic carbocycles. The Morgan fingerprint density at radius 2 is 1.88 bits per heavy atom. The molecule has 3 rings (SSSR count). The molecule has 0 aromatic heterocycles. The maximum absolute atomic E-state index is 9.65. The maximum atomic E-state index is 9.65. The first-order chi connectivity index (χ1) is 15.6. The molecule has 3 N–H and O–H groups in total. The number of benzene rings is 1. The van der Waals surface area contributed by atoms with E-state index in [1.165, 1.54) is 30.4 Å². The summed E-state index contributed by atoms with van der Waals surface area (Å²) in [5.74, 6) is 1.82. The first-order valence-electron chi connectivity index (χ1n) is 12.4. The van der Waals surface area contributed by atoms with Crippen LogP contribution in [0.3, 0.4) is 0 Å². The molecular formula is C26H43N3O3. The summed E-state index contributed by atoms with van der Waals surface area (Å²) < 4.78 is 11.5. The number of aliphatic imine (C=N–C) groups is 1. The summed E-state index contributed by atoms with van der Waals surface area (Å²) >= 11 is 0. The molecule has 6 heteroatoms. The van der Waals surface area contributed by atoms with Crippen molar-refractivity contribution in [2.24, 2.45) is 10.4 Å². The zero-order valence-electron chi connectivity index (χ0n) is 20.3. The minimum atomic E-state index is -0.0561. The quantitative estimate of drug-likeness (QED) is 0.397. The molecule has 1 aliphatic carbocycles. The van der Waals surface area contributed by atoms with Gasteiger partial charge in [-0.1, -0.05) is 37.0 Å². The lowest BCUT2D eigenvalue weighted by Gasteiger charge is -2.39. The zero-order valence-corrected chi connectivity index (χ0v) is 20.3. The van der Waals surface area contributed by atoms with Crippen LogP contribution in [0.25, 0.3) is 0 Å². The molecule has 180 valence electrons. The van der Waals surface area contributed by atoms with Crippen molar-refractivity contribution in [1.82, 2.24) is 10.6 Å². The normalized spacial score (nSPS) is 20.6. The van der Waals surface area contributed by atoms with Gasteiger partial charge in [-0.3, -0.25) is 4.99 Å². The van der Waals surface area contributed by atoms with Gasteiger partial charge in [-0.05, 0) is 57.4 Å². The number of aliphatic hydroxyl groups excluding tert-OH is 1. The molecule has 1 aliphatic heterocycles. The number of hydrogen-bond acceptors (Lipinski definition) is 4. The number of nitrogens with zero attached hydrogens (tertiary/aromatic N) is 1. The van der Waals surface area contributed by atoms with Crippen LogP contribution in [-0.2, 0) is 10.2 Å². The van der Waals surface area contributed by atoms with Crippen molar-refractivity contribution in [3.8, 4) is 5.75 Å². The van der Waals surface area contributed by atoms with Gasteiger partial charge in [0, 0.05) is 50.4 Å². The Kier molecular flexibility index (Phi) is 9.23. The van der Waals surface area contributed by atoms with Crippen molar-refractivity contribution in [2.75, 3.05) is 46.6 Å². The number of aliphatic hydroxyl groups is 1. The van der Waals surface area contributed by atoms with E-state index in [2.05, 4.69) is 42.7 Å². The lowest BCUT2D eigenvalue weighted by Crippen LogP contribution is -2.48. The van der Waals surface area contributed by atoms with E-state index in [-0.39, 0.29) is 17.4 Å². The Morgan fingerprint density at radius 1 is 1.12 bits per heavy atom. The van der Waals surface area contributed by atoms with Crippen molar-refractivity contribution >= 4 is 5.96 Å². The summed E-state index contributed by atoms with van der Waals surface area (Å²) in [5.41, 5.74) is 2.59. The van der Waals surface area contributed by atoms with Gasteiger partial charge < -0.3 is 25.2 Å². The van der Waals surface area contributed by atoms with E-state index in [0.29, 0.717) is 0 Å². The molecule has 0 atom stereocenters. The number of aryl methyl sites for hydroxylation is 1. The minimum absolute atomic E-state index is 0.0561. The predicted octanol–water partition coefficient (Wildman–Crippen LogP) is 3.94. The van der Waals surface area contributed by atoms with Crippen molar-refractivity contribution < 1.29 is 14.6 Å². The van der Waals surface area contributed by atoms with Gasteiger partial charge in [0.1, 0.15) is 5.75 Å². The van der Waals surface area contributed by atoms with E-state index in [1.54, 1.807) is 7.11 Å². The molecule has 0 bridgehead atoms. The molecule has 0 unspecified atom stereocenters. The van der Waals surface area contributed by atoms with Gasteiger partial charge in [-0.25, -0.2) is 0 Å². The highest BCUT2D eigenvalue weighted by Crippen LogP contribution is 2.41. The Morgan fingerprint density at radius 3 is 2.53 bits per heavy atom. The van der Waals surface area contributed by atoms with Crippen LogP contribution in [0.2, 0.25) is 0 Å². The fourth-order valence-electron chi connectivity index (χ4n) is 5.41. The second-order valence-corrected chi connectivity index (χ2v) is 9.68. The fraction of sp³-hybridized carbons (Fsp3) is 0.731. The van der Waals surface area contributed by atoms with E-state index >= 15 is 0 Å². The Labute approximate surface area is 194 Å². The SMILES string of the molecule is CCNC(=NCC1(CCO)CCCCC1)NCC1(c2cc(C)ccc2OC)CCOCC1. The predicted molar refractivity (Wildman–Crippen MR) is 131 cm³/mol. The largest absolute Gasteiger partial charge is 0.496 e. The molecule has 0 radical (unpaired) electrons. The van der Waals surface area contributed by atoms with E-state index in [4.69, 9.17) is 14.5 Å². The average molecular weight is 446 g/mol. The van der Waals surface area contributed by atoms with Gasteiger partial charge in [0.2, 0.25) is 0 Å². The molecule has 1 aromatic rings. The van der Waals surface area contributed by atoms with Crippen LogP contribution >= 0.6 is 0 Å². The molecule has 1 saturated heterocycles. The highest BCUT2D eigenvalue weighted by molar-refractivity contribution is 5.80. The second kappa shape index (κ2) is 11.9. The Hall–Kier alpha value is -1.79. The maximum Gasteiger partial charge on any atom is 0.191 e. The third kappa shape index (κ3) is 6.16. The van der Waals surface area contributed by atoms with Crippen LogP contribution in [0, 0.1) is 12.3 Å². The van der Waals surface area contributed by atoms with Gasteiger partial charge in [0.15, 0.2) is 5.96 Å². The highest BCUT2D eigenvalue weighted by atomic mass is 16.5. The zero-order chi connectivity index (χ0) is 22.9. The summed E-state index contributed by atoms with van der Waals surface area (Å²) in [5, 5.41) is 16.8. The molecule has 0 spiro atoms. The van der Waals surface area contributed by atoms with Crippen LogP contribution in [0.5, 0.6) is 5.75 Å². The standard InChI is InChI=1S/C26H43N3O3/c1-4-27-24(28-19-25(12-15-30)10-6-5-7-11-25)29-20-26(13-16-32-17-14-26)22-18-21(2)8-9-23(22)31-3/h8-9,18,30H,4-7,10-17,19-20H2,1-3H3,(H2,27,28,29). The molecule has 1 saturated carbocycles. The summed E-state index contributed by atoms with van der Waals surface area (Å²) in [6.45, 7) is 8.38. The second-order valence-electron chi connectivity index (χ2n) is 9.68. The lowest BCUT2D eigenvalue weighted by atomic mass is 9.72. The van der Waals surface area contributed by atoms with Gasteiger partial charge in [0.05, 0.1) is 7.11 Å². The summed E-state index contributed by atoms with van der Waals surface area (Å²) in [7, 11) is 1.75. The number of rotatable bonds is 9. The van der Waals surface area contributed by atoms with Crippen molar-refractivity contribution in [1.29, 1.82) is 0 Å². The average Bonchev–Trinajstić information content (AvgIpc) is 2.82. The number of nitrogens with one attached hydrogen (secondary N) is 2. The fourth-order valence-corrected chi connectivity index (χ4v) is 5.41. The monoisotopic (exact) mass is 445 g/mol. The van der Waals surface area contributed by atoms with Crippen LogP contribution < -0.4 is 15.4 Å². The molecule has 32 heavy (non-hydrogen) atoms. The summed E-state index contributed by atoms with van der Waals surface area (Å²) in [6.07, 6.45) is 8.87. The van der Waals surface area contributed by atoms with Crippen molar-refractivity contribution in [2.45, 2.75) is 70.6 Å². The highest BCUT2D eigenvalue weighted by Gasteiger charge is 2.37. The third-order valence-electron chi connectivity index (χ3n) is 7.44. The van der Waals surface area contributed by atoms with Crippen LogP contribution in [0.1, 0.15) is 69.4 Å². The number of ether oxygens (including phenoxy) is 2. The van der Waals surface area contributed by atoms with Crippen molar-refractivity contribution in [3.05, 3.63) is 29.3 Å². The number of guanidine groups is 1. The number of methoxy groups -OCH3 is 1. The minimum Gasteiger partial charge on any atom is -0.496 e. The van der Waals surface area contributed by atoms with Gasteiger partial charge in [0.25, 0.3) is 0 Å². The first-order valence-corrected chi connectivity index (χ1v) is 12.4. The molecule has 1 heterocycles. The molecule has 2 aliphatic rings. The molecular weight excluding hydrogens is 402 g/mol. The Balaban J connectivity index is 1.80. The third-order valence-corrected chi connectivity index (χ3v) is 7.44. The topological polar surface area (TPSA) is 75.1 Å². The van der Waals surface area contributed by atoms with Crippen molar-refractivity contribution in [3.63, 3.8) is 0 Å². The van der Waals surface area contributed by atoms with E-state index in [9.17, 15) is 5.11 Å². The molecule has 0 amide bonds. The Bertz CT molecular complexity index is 732. The van der Waals surface area contributed by atoms with Crippen LogP contribution in [0.4, 0.5) is 0 Å². The van der Waals surface area contributed by atoms with Gasteiger partial charge in [-0.2, -0.15) is 0 Å². The summed E-state index contributed by atoms with van der Waals surface area (Å²) in [6, 6.07) is 6.47. The van der Waals surface area contributed by atoms with Gasteiger partial charge in [-0.15, -0.1) is 0 Å². The first kappa shape index (κ1) is 24.8. The van der Waals surface area contributed by atoms with Gasteiger partial charge >= 0.3 is 0 Å². The van der Waals surface area contributed by atoms with E-state index in [0.717, 1.165) is 76.7 Å².